The standard InChI is InChI=1S/C55H58Cl3N7O8/c1-8-54(9-2,61-51(67)49-33(3)50(35-11-13-36(56)14-12-35)65(62-49)45-21-15-37(57)30-44(45)58)53(69)60-23-25-71-27-26-70-24-22-59-48(66)29-34-10-18-41-40(28-34)52(68)73-55(41)42-19-16-38(63(4)5)31-46(42)72-47-32-39(64(6)7)17-20-43(47)55/h10-21,28,30-32H,8-9,22-27,29H2,1-7H3,(H,59,66)(H,60,69)(H,61,67). The molecule has 18 heteroatoms. The molecule has 3 amide bonds. The van der Waals surface area contributed by atoms with E-state index in [4.69, 9.17) is 58.8 Å². The number of aromatic nitrogens is 2. The van der Waals surface area contributed by atoms with E-state index in [2.05, 4.69) is 16.0 Å². The third kappa shape index (κ3) is 10.7. The summed E-state index contributed by atoms with van der Waals surface area (Å²) in [5.74, 6) is -0.393. The highest BCUT2D eigenvalue weighted by atomic mass is 35.5. The molecule has 3 N–H and O–H groups in total. The molecule has 0 saturated carbocycles. The Labute approximate surface area is 440 Å². The number of carbonyl (C=O) groups excluding carboxylic acids is 4. The Morgan fingerprint density at radius 2 is 1.32 bits per heavy atom. The van der Waals surface area contributed by atoms with Gasteiger partial charge in [0, 0.05) is 103 Å². The number of nitrogens with one attached hydrogen (secondary N) is 3. The van der Waals surface area contributed by atoms with Crippen LogP contribution in [0.3, 0.4) is 0 Å². The largest absolute Gasteiger partial charge is 0.456 e. The van der Waals surface area contributed by atoms with E-state index in [1.54, 1.807) is 48.0 Å². The molecule has 5 aromatic carbocycles. The fourth-order valence-corrected chi connectivity index (χ4v) is 9.84. The number of ether oxygens (including phenoxy) is 4. The first kappa shape index (κ1) is 52.7. The molecule has 382 valence electrons. The van der Waals surface area contributed by atoms with Crippen molar-refractivity contribution >= 4 is 69.9 Å². The smallest absolute Gasteiger partial charge is 0.340 e. The van der Waals surface area contributed by atoms with Gasteiger partial charge in [-0.3, -0.25) is 14.4 Å². The summed E-state index contributed by atoms with van der Waals surface area (Å²) in [7, 11) is 7.81. The van der Waals surface area contributed by atoms with Gasteiger partial charge >= 0.3 is 5.97 Å². The molecule has 6 aromatic rings. The first-order valence-corrected chi connectivity index (χ1v) is 25.2. The Hall–Kier alpha value is -6.62. The molecule has 0 bridgehead atoms. The van der Waals surface area contributed by atoms with Gasteiger partial charge in [0.05, 0.1) is 54.8 Å². The fraction of sp³-hybridized carbons (Fsp3) is 0.327. The van der Waals surface area contributed by atoms with Gasteiger partial charge in [0.2, 0.25) is 11.8 Å². The second kappa shape index (κ2) is 22.2. The molecule has 0 fully saturated rings. The Bertz CT molecular complexity index is 3010. The van der Waals surface area contributed by atoms with E-state index < -0.39 is 23.0 Å². The van der Waals surface area contributed by atoms with Crippen LogP contribution < -0.4 is 30.5 Å². The molecule has 15 nitrogen and oxygen atoms in total. The Kier molecular flexibility index (Phi) is 16.1. The molecular formula is C55H58Cl3N7O8. The molecular weight excluding hydrogens is 993 g/mol. The number of fused-ring (bicyclic) bond motifs is 6. The number of halogens is 3. The molecule has 1 spiro atoms. The van der Waals surface area contributed by atoms with Crippen LogP contribution in [-0.4, -0.2) is 107 Å². The fourth-order valence-electron chi connectivity index (χ4n) is 9.22. The van der Waals surface area contributed by atoms with Gasteiger partial charge in [-0.05, 0) is 86.0 Å². The summed E-state index contributed by atoms with van der Waals surface area (Å²) >= 11 is 19.0. The number of benzene rings is 5. The highest BCUT2D eigenvalue weighted by Crippen LogP contribution is 2.57. The molecule has 3 heterocycles. The molecule has 0 radical (unpaired) electrons. The Morgan fingerprint density at radius 1 is 0.726 bits per heavy atom. The number of rotatable bonds is 20. The summed E-state index contributed by atoms with van der Waals surface area (Å²) in [6, 6.07) is 29.4. The van der Waals surface area contributed by atoms with Gasteiger partial charge in [-0.2, -0.15) is 5.10 Å². The van der Waals surface area contributed by atoms with E-state index in [9.17, 15) is 19.2 Å². The summed E-state index contributed by atoms with van der Waals surface area (Å²) in [6.07, 6.45) is 0.686. The number of anilines is 2. The molecule has 73 heavy (non-hydrogen) atoms. The van der Waals surface area contributed by atoms with Crippen molar-refractivity contribution in [3.05, 3.63) is 151 Å². The maximum Gasteiger partial charge on any atom is 0.340 e. The molecule has 0 aliphatic carbocycles. The minimum absolute atomic E-state index is 0.0487. The second-order valence-corrected chi connectivity index (χ2v) is 19.6. The lowest BCUT2D eigenvalue weighted by atomic mass is 9.77. The van der Waals surface area contributed by atoms with Crippen LogP contribution in [0.2, 0.25) is 15.1 Å². The van der Waals surface area contributed by atoms with E-state index in [-0.39, 0.29) is 63.4 Å². The number of hydrogen-bond donors (Lipinski definition) is 3. The number of nitrogens with zero attached hydrogens (tertiary/aromatic N) is 4. The van der Waals surface area contributed by atoms with Crippen molar-refractivity contribution in [2.75, 3.05) is 77.5 Å². The third-order valence-corrected chi connectivity index (χ3v) is 14.1. The first-order valence-electron chi connectivity index (χ1n) is 24.0. The van der Waals surface area contributed by atoms with Crippen LogP contribution in [0.15, 0.2) is 97.1 Å². The molecule has 1 aromatic heterocycles. The monoisotopic (exact) mass is 1050 g/mol. The van der Waals surface area contributed by atoms with Gasteiger partial charge in [-0.1, -0.05) is 72.9 Å². The van der Waals surface area contributed by atoms with Crippen molar-refractivity contribution in [3.63, 3.8) is 0 Å². The highest BCUT2D eigenvalue weighted by molar-refractivity contribution is 6.35. The van der Waals surface area contributed by atoms with Crippen LogP contribution in [0.25, 0.3) is 16.9 Å². The van der Waals surface area contributed by atoms with E-state index in [1.807, 2.05) is 113 Å². The van der Waals surface area contributed by atoms with E-state index in [0.29, 0.717) is 73.0 Å². The average Bonchev–Trinajstić information content (AvgIpc) is 3.86. The van der Waals surface area contributed by atoms with Crippen LogP contribution in [-0.2, 0) is 35.8 Å². The topological polar surface area (TPSA) is 166 Å². The van der Waals surface area contributed by atoms with E-state index in [1.165, 1.54) is 0 Å². The normalized spacial score (nSPS) is 13.1. The van der Waals surface area contributed by atoms with Crippen molar-refractivity contribution in [3.8, 4) is 28.4 Å². The number of amides is 3. The van der Waals surface area contributed by atoms with Crippen LogP contribution in [0.1, 0.15) is 75.4 Å². The van der Waals surface area contributed by atoms with Crippen molar-refractivity contribution in [1.82, 2.24) is 25.7 Å². The quantitative estimate of drug-likeness (QED) is 0.0493. The lowest BCUT2D eigenvalue weighted by Crippen LogP contribution is -2.58. The van der Waals surface area contributed by atoms with Gasteiger partial charge in [0.25, 0.3) is 5.91 Å². The second-order valence-electron chi connectivity index (χ2n) is 18.3. The predicted octanol–water partition coefficient (Wildman–Crippen LogP) is 9.30. The van der Waals surface area contributed by atoms with Gasteiger partial charge in [0.15, 0.2) is 11.3 Å². The summed E-state index contributed by atoms with van der Waals surface area (Å²) in [5.41, 5.74) is 5.20. The zero-order valence-electron chi connectivity index (χ0n) is 41.8. The van der Waals surface area contributed by atoms with Crippen LogP contribution in [0.4, 0.5) is 11.4 Å². The van der Waals surface area contributed by atoms with Gasteiger partial charge in [-0.15, -0.1) is 0 Å². The molecule has 0 unspecified atom stereocenters. The van der Waals surface area contributed by atoms with Crippen molar-refractivity contribution < 1.29 is 38.1 Å². The Balaban J connectivity index is 0.799. The number of esters is 1. The lowest BCUT2D eigenvalue weighted by Gasteiger charge is -2.37. The zero-order valence-corrected chi connectivity index (χ0v) is 44.1. The van der Waals surface area contributed by atoms with E-state index in [0.717, 1.165) is 28.1 Å². The van der Waals surface area contributed by atoms with Crippen LogP contribution in [0.5, 0.6) is 11.5 Å². The number of hydrogen-bond acceptors (Lipinski definition) is 11. The van der Waals surface area contributed by atoms with Gasteiger partial charge in [0.1, 0.15) is 17.0 Å². The van der Waals surface area contributed by atoms with Crippen molar-refractivity contribution in [2.45, 2.75) is 51.2 Å². The summed E-state index contributed by atoms with van der Waals surface area (Å²) in [6.45, 7) is 6.90. The minimum atomic E-state index is -1.23. The van der Waals surface area contributed by atoms with Crippen molar-refractivity contribution in [2.24, 2.45) is 0 Å². The molecule has 0 atom stereocenters. The summed E-state index contributed by atoms with van der Waals surface area (Å²) < 4.78 is 25.9. The van der Waals surface area contributed by atoms with Crippen LogP contribution >= 0.6 is 34.8 Å². The highest BCUT2D eigenvalue weighted by Gasteiger charge is 2.54. The lowest BCUT2D eigenvalue weighted by molar-refractivity contribution is -0.128. The molecule has 2 aliphatic rings. The van der Waals surface area contributed by atoms with Gasteiger partial charge in [-0.25, -0.2) is 9.48 Å². The molecule has 8 rings (SSSR count). The summed E-state index contributed by atoms with van der Waals surface area (Å²) in [5, 5.41) is 14.8. The molecule has 2 aliphatic heterocycles. The Morgan fingerprint density at radius 3 is 1.90 bits per heavy atom. The third-order valence-electron chi connectivity index (χ3n) is 13.3. The van der Waals surface area contributed by atoms with Crippen molar-refractivity contribution in [1.29, 1.82) is 0 Å². The minimum Gasteiger partial charge on any atom is -0.456 e. The SMILES string of the molecule is CCC(CC)(NC(=O)c1nn(-c2ccc(Cl)cc2Cl)c(-c2ccc(Cl)cc2)c1C)C(=O)NCCOCCOCCNC(=O)Cc1ccc2c(c1)C(=O)OC21c2ccc(N(C)C)cc2Oc2cc(N(C)C)ccc21. The number of carbonyl (C=O) groups is 4. The maximum absolute atomic E-state index is 14.0. The average molecular weight is 1050 g/mol. The summed E-state index contributed by atoms with van der Waals surface area (Å²) in [4.78, 5) is 58.5. The van der Waals surface area contributed by atoms with E-state index >= 15 is 0 Å². The first-order chi connectivity index (χ1) is 35.0. The maximum atomic E-state index is 14.0. The van der Waals surface area contributed by atoms with Gasteiger partial charge < -0.3 is 44.7 Å². The predicted molar refractivity (Wildman–Crippen MR) is 284 cm³/mol. The zero-order chi connectivity index (χ0) is 52.2. The molecule has 0 saturated heterocycles. The van der Waals surface area contributed by atoms with Crippen LogP contribution in [0, 0.1) is 6.92 Å².